The van der Waals surface area contributed by atoms with Crippen LogP contribution < -0.4 is 0 Å². The summed E-state index contributed by atoms with van der Waals surface area (Å²) in [5, 5.41) is 0. The molecule has 22 heavy (non-hydrogen) atoms. The summed E-state index contributed by atoms with van der Waals surface area (Å²) in [6.07, 6.45) is 6.62. The first-order valence-corrected chi connectivity index (χ1v) is 8.15. The van der Waals surface area contributed by atoms with E-state index in [4.69, 9.17) is 9.47 Å². The van der Waals surface area contributed by atoms with Crippen molar-refractivity contribution < 1.29 is 14.3 Å². The molecule has 0 aromatic heterocycles. The van der Waals surface area contributed by atoms with Gasteiger partial charge in [0, 0.05) is 11.8 Å². The lowest BCUT2D eigenvalue weighted by Crippen LogP contribution is -2.45. The zero-order valence-electron chi connectivity index (χ0n) is 13.2. The molecule has 0 radical (unpaired) electrons. The van der Waals surface area contributed by atoms with E-state index in [9.17, 15) is 4.79 Å². The summed E-state index contributed by atoms with van der Waals surface area (Å²) in [7, 11) is 0. The number of carbonyl (C=O) groups is 1. The van der Waals surface area contributed by atoms with Gasteiger partial charge < -0.3 is 9.47 Å². The van der Waals surface area contributed by atoms with Gasteiger partial charge in [-0.15, -0.1) is 6.58 Å². The topological polar surface area (TPSA) is 35.5 Å². The van der Waals surface area contributed by atoms with Crippen LogP contribution >= 0.6 is 0 Å². The monoisotopic (exact) mass is 300 g/mol. The third kappa shape index (κ3) is 2.38. The van der Waals surface area contributed by atoms with Gasteiger partial charge in [-0.2, -0.15) is 0 Å². The van der Waals surface area contributed by atoms with Crippen LogP contribution in [-0.2, 0) is 14.3 Å². The third-order valence-corrected chi connectivity index (χ3v) is 5.34. The molecular weight excluding hydrogens is 276 g/mol. The van der Waals surface area contributed by atoms with Gasteiger partial charge >= 0.3 is 5.97 Å². The number of fused-ring (bicyclic) bond motifs is 1. The minimum absolute atomic E-state index is 0.0686. The van der Waals surface area contributed by atoms with Crippen molar-refractivity contribution in [2.24, 2.45) is 5.41 Å². The number of hydrogen-bond acceptors (Lipinski definition) is 3. The minimum atomic E-state index is -0.735. The summed E-state index contributed by atoms with van der Waals surface area (Å²) in [6, 6.07) is 9.77. The molecule has 2 fully saturated rings. The molecule has 1 aromatic carbocycles. The first kappa shape index (κ1) is 15.3. The summed E-state index contributed by atoms with van der Waals surface area (Å²) in [5.74, 6) is -1.20. The van der Waals surface area contributed by atoms with Gasteiger partial charge in [-0.25, -0.2) is 0 Å². The standard InChI is InChI=1S/C19H24O3/c1-3-10-18-11-7-12-19(18,21-14-13-18)22-17(20)15(2)16-8-5-4-6-9-16/h3-6,8-9,15H,1,7,10-14H2,2H3. The van der Waals surface area contributed by atoms with Crippen LogP contribution in [-0.4, -0.2) is 18.4 Å². The number of rotatable bonds is 5. The fourth-order valence-corrected chi connectivity index (χ4v) is 4.02. The van der Waals surface area contributed by atoms with Crippen LogP contribution in [0.4, 0.5) is 0 Å². The number of hydrogen-bond donors (Lipinski definition) is 0. The molecule has 2 aliphatic rings. The molecule has 1 aliphatic carbocycles. The zero-order valence-corrected chi connectivity index (χ0v) is 13.2. The highest BCUT2D eigenvalue weighted by Gasteiger charge is 2.61. The van der Waals surface area contributed by atoms with E-state index in [1.807, 2.05) is 43.3 Å². The van der Waals surface area contributed by atoms with Gasteiger partial charge in [0.1, 0.15) is 0 Å². The Bertz CT molecular complexity index is 539. The van der Waals surface area contributed by atoms with Crippen molar-refractivity contribution in [2.75, 3.05) is 6.61 Å². The fourth-order valence-electron chi connectivity index (χ4n) is 4.02. The van der Waals surface area contributed by atoms with Crippen molar-refractivity contribution in [3.8, 4) is 0 Å². The van der Waals surface area contributed by atoms with Crippen LogP contribution in [0.5, 0.6) is 0 Å². The van der Waals surface area contributed by atoms with Gasteiger partial charge in [0.25, 0.3) is 0 Å². The van der Waals surface area contributed by atoms with Crippen LogP contribution in [0, 0.1) is 5.41 Å². The summed E-state index contributed by atoms with van der Waals surface area (Å²) in [4.78, 5) is 12.7. The molecule has 1 saturated carbocycles. The van der Waals surface area contributed by atoms with Gasteiger partial charge in [0.05, 0.1) is 12.5 Å². The number of allylic oxidation sites excluding steroid dienone is 1. The Balaban J connectivity index is 1.79. The normalized spacial score (nSPS) is 31.5. The quantitative estimate of drug-likeness (QED) is 0.604. The van der Waals surface area contributed by atoms with E-state index in [0.717, 1.165) is 37.7 Å². The minimum Gasteiger partial charge on any atom is -0.432 e. The molecule has 0 spiro atoms. The van der Waals surface area contributed by atoms with Gasteiger partial charge in [0.2, 0.25) is 5.79 Å². The van der Waals surface area contributed by atoms with E-state index in [-0.39, 0.29) is 17.3 Å². The Kier molecular flexibility index (Phi) is 4.09. The number of esters is 1. The van der Waals surface area contributed by atoms with E-state index in [1.165, 1.54) is 0 Å². The highest BCUT2D eigenvalue weighted by atomic mass is 16.7. The van der Waals surface area contributed by atoms with Gasteiger partial charge in [-0.05, 0) is 38.2 Å². The molecule has 0 amide bonds. The highest BCUT2D eigenvalue weighted by molar-refractivity contribution is 5.78. The highest BCUT2D eigenvalue weighted by Crippen LogP contribution is 2.58. The molecule has 3 heteroatoms. The Morgan fingerprint density at radius 3 is 2.86 bits per heavy atom. The largest absolute Gasteiger partial charge is 0.432 e. The first-order valence-electron chi connectivity index (χ1n) is 8.15. The van der Waals surface area contributed by atoms with Gasteiger partial charge in [-0.1, -0.05) is 36.4 Å². The number of benzene rings is 1. The van der Waals surface area contributed by atoms with Crippen molar-refractivity contribution in [3.05, 3.63) is 48.6 Å². The Morgan fingerprint density at radius 1 is 1.36 bits per heavy atom. The Labute approximate surface area is 132 Å². The molecule has 0 bridgehead atoms. The Morgan fingerprint density at radius 2 is 2.14 bits per heavy atom. The maximum absolute atomic E-state index is 12.7. The SMILES string of the molecule is C=CCC12CCCC1(OC(=O)C(C)c1ccccc1)OCC2. The van der Waals surface area contributed by atoms with Crippen LogP contribution in [0.25, 0.3) is 0 Å². The van der Waals surface area contributed by atoms with Crippen molar-refractivity contribution in [1.82, 2.24) is 0 Å². The maximum Gasteiger partial charge on any atom is 0.315 e. The lowest BCUT2D eigenvalue weighted by Gasteiger charge is -2.38. The molecule has 3 unspecified atom stereocenters. The third-order valence-electron chi connectivity index (χ3n) is 5.34. The maximum atomic E-state index is 12.7. The molecule has 3 nitrogen and oxygen atoms in total. The summed E-state index contributed by atoms with van der Waals surface area (Å²) >= 11 is 0. The second kappa shape index (κ2) is 5.88. The smallest absolute Gasteiger partial charge is 0.315 e. The molecule has 3 rings (SSSR count). The molecule has 1 aliphatic heterocycles. The van der Waals surface area contributed by atoms with E-state index in [0.29, 0.717) is 6.61 Å². The van der Waals surface area contributed by atoms with E-state index < -0.39 is 5.79 Å². The van der Waals surface area contributed by atoms with Crippen molar-refractivity contribution >= 4 is 5.97 Å². The lowest BCUT2D eigenvalue weighted by molar-refractivity contribution is -0.240. The molecular formula is C19H24O3. The van der Waals surface area contributed by atoms with Crippen molar-refractivity contribution in [2.45, 2.75) is 50.7 Å². The average molecular weight is 300 g/mol. The number of ether oxygens (including phenoxy) is 2. The summed E-state index contributed by atoms with van der Waals surface area (Å²) < 4.78 is 12.0. The van der Waals surface area contributed by atoms with Crippen LogP contribution in [0.3, 0.4) is 0 Å². The Hall–Kier alpha value is -1.61. The summed E-state index contributed by atoms with van der Waals surface area (Å²) in [6.45, 7) is 6.44. The molecule has 1 heterocycles. The second-order valence-electron chi connectivity index (χ2n) is 6.53. The lowest BCUT2D eigenvalue weighted by atomic mass is 9.77. The van der Waals surface area contributed by atoms with Crippen LogP contribution in [0.15, 0.2) is 43.0 Å². The molecule has 118 valence electrons. The van der Waals surface area contributed by atoms with Crippen molar-refractivity contribution in [1.29, 1.82) is 0 Å². The molecule has 1 saturated heterocycles. The molecule has 1 aromatic rings. The van der Waals surface area contributed by atoms with Gasteiger partial charge in [-0.3, -0.25) is 4.79 Å². The summed E-state index contributed by atoms with van der Waals surface area (Å²) in [5.41, 5.74) is 0.912. The van der Waals surface area contributed by atoms with E-state index in [1.54, 1.807) is 0 Å². The van der Waals surface area contributed by atoms with E-state index in [2.05, 4.69) is 6.58 Å². The van der Waals surface area contributed by atoms with Crippen molar-refractivity contribution in [3.63, 3.8) is 0 Å². The zero-order chi connectivity index (χ0) is 15.6. The van der Waals surface area contributed by atoms with E-state index >= 15 is 0 Å². The number of carbonyl (C=O) groups excluding carboxylic acids is 1. The average Bonchev–Trinajstić information content (AvgIpc) is 3.02. The predicted octanol–water partition coefficient (Wildman–Crippen LogP) is 4.20. The molecule has 0 N–H and O–H groups in total. The van der Waals surface area contributed by atoms with Crippen LogP contribution in [0.2, 0.25) is 0 Å². The fraction of sp³-hybridized carbons (Fsp3) is 0.526. The second-order valence-corrected chi connectivity index (χ2v) is 6.53. The van der Waals surface area contributed by atoms with Crippen LogP contribution in [0.1, 0.15) is 50.5 Å². The predicted molar refractivity (Wildman–Crippen MR) is 85.3 cm³/mol. The first-order chi connectivity index (χ1) is 10.6. The molecule has 3 atom stereocenters. The van der Waals surface area contributed by atoms with Gasteiger partial charge in [0.15, 0.2) is 0 Å².